The third-order valence-corrected chi connectivity index (χ3v) is 4.69. The number of amides is 1. The maximum Gasteiger partial charge on any atom is 0.240 e. The first kappa shape index (κ1) is 16.4. The van der Waals surface area contributed by atoms with E-state index >= 15 is 0 Å². The van der Waals surface area contributed by atoms with Gasteiger partial charge in [0.25, 0.3) is 0 Å². The summed E-state index contributed by atoms with van der Waals surface area (Å²) in [5, 5.41) is 6.21. The average molecular weight is 317 g/mol. The predicted molar refractivity (Wildman–Crippen MR) is 90.0 cm³/mol. The lowest BCUT2D eigenvalue weighted by atomic mass is 10.1. The van der Waals surface area contributed by atoms with Gasteiger partial charge in [0.1, 0.15) is 6.04 Å². The molecule has 0 unspecified atom stereocenters. The molecular weight excluding hydrogens is 290 g/mol. The largest absolute Gasteiger partial charge is 0.375 e. The first-order valence-corrected chi connectivity index (χ1v) is 8.65. The Bertz CT molecular complexity index is 512. The number of hydrogen-bond donors (Lipinski definition) is 2. The highest BCUT2D eigenvalue weighted by Crippen LogP contribution is 2.13. The lowest BCUT2D eigenvalue weighted by molar-refractivity contribution is -0.129. The Kier molecular flexibility index (Phi) is 5.65. The van der Waals surface area contributed by atoms with Gasteiger partial charge in [-0.15, -0.1) is 0 Å². The van der Waals surface area contributed by atoms with Gasteiger partial charge >= 0.3 is 0 Å². The summed E-state index contributed by atoms with van der Waals surface area (Å²) in [7, 11) is 0. The normalized spacial score (nSPS) is 25.4. The van der Waals surface area contributed by atoms with Gasteiger partial charge in [-0.2, -0.15) is 0 Å². The van der Waals surface area contributed by atoms with E-state index < -0.39 is 0 Å². The van der Waals surface area contributed by atoms with Crippen LogP contribution in [0.2, 0.25) is 0 Å². The minimum atomic E-state index is -0.252. The number of carbonyl (C=O) groups is 1. The number of likely N-dealkylation sites (tertiary alicyclic amines) is 1. The monoisotopic (exact) mass is 317 g/mol. The number of ether oxygens (including phenoxy) is 1. The van der Waals surface area contributed by atoms with E-state index in [2.05, 4.69) is 39.8 Å². The van der Waals surface area contributed by atoms with E-state index in [1.54, 1.807) is 0 Å². The molecule has 0 aliphatic carbocycles. The molecule has 126 valence electrons. The van der Waals surface area contributed by atoms with Crippen LogP contribution in [0, 0.1) is 0 Å². The Morgan fingerprint density at radius 3 is 2.65 bits per heavy atom. The molecule has 2 aliphatic rings. The molecule has 2 fully saturated rings. The summed E-state index contributed by atoms with van der Waals surface area (Å²) < 4.78 is 5.51. The summed E-state index contributed by atoms with van der Waals surface area (Å²) in [5.41, 5.74) is 2.48. The van der Waals surface area contributed by atoms with Crippen molar-refractivity contribution in [2.75, 3.05) is 26.2 Å². The van der Waals surface area contributed by atoms with Gasteiger partial charge in [0.15, 0.2) is 0 Å². The first-order chi connectivity index (χ1) is 11.2. The van der Waals surface area contributed by atoms with Crippen molar-refractivity contribution in [3.63, 3.8) is 0 Å². The number of rotatable bonds is 5. The number of carbonyl (C=O) groups excluding carboxylic acids is 1. The van der Waals surface area contributed by atoms with E-state index in [0.717, 1.165) is 18.7 Å². The summed E-state index contributed by atoms with van der Waals surface area (Å²) >= 11 is 0. The molecule has 0 saturated carbocycles. The molecule has 0 bridgehead atoms. The number of benzene rings is 1. The molecule has 1 amide bonds. The Morgan fingerprint density at radius 1 is 1.26 bits per heavy atom. The summed E-state index contributed by atoms with van der Waals surface area (Å²) in [6, 6.07) is 8.31. The third kappa shape index (κ3) is 4.53. The van der Waals surface area contributed by atoms with Gasteiger partial charge in [-0.3, -0.25) is 9.69 Å². The fourth-order valence-corrected chi connectivity index (χ4v) is 3.29. The molecule has 1 aromatic carbocycles. The Balaban J connectivity index is 1.47. The van der Waals surface area contributed by atoms with Gasteiger partial charge in [0.05, 0.1) is 12.7 Å². The summed E-state index contributed by atoms with van der Waals surface area (Å²) in [6.45, 7) is 7.36. The van der Waals surface area contributed by atoms with Crippen LogP contribution >= 0.6 is 0 Å². The van der Waals surface area contributed by atoms with Crippen molar-refractivity contribution in [1.82, 2.24) is 15.5 Å². The predicted octanol–water partition coefficient (Wildman–Crippen LogP) is 1.28. The topological polar surface area (TPSA) is 53.6 Å². The molecule has 0 spiro atoms. The van der Waals surface area contributed by atoms with Crippen molar-refractivity contribution in [1.29, 1.82) is 0 Å². The lowest BCUT2D eigenvalue weighted by Gasteiger charge is -2.29. The number of hydrogen-bond acceptors (Lipinski definition) is 4. The molecule has 2 saturated heterocycles. The number of nitrogens with zero attached hydrogens (tertiary/aromatic N) is 1. The zero-order valence-corrected chi connectivity index (χ0v) is 13.9. The van der Waals surface area contributed by atoms with Gasteiger partial charge in [0, 0.05) is 19.6 Å². The van der Waals surface area contributed by atoms with Gasteiger partial charge in [-0.05, 0) is 44.0 Å². The van der Waals surface area contributed by atoms with Gasteiger partial charge in [0.2, 0.25) is 5.91 Å². The SMILES string of the molecule is C[C@H]1OCCN[C@@H]1C(=O)NCc1ccc(CN2CCCC2)cc1. The second-order valence-corrected chi connectivity index (χ2v) is 6.53. The number of nitrogens with one attached hydrogen (secondary N) is 2. The highest BCUT2D eigenvalue weighted by molar-refractivity contribution is 5.82. The highest BCUT2D eigenvalue weighted by atomic mass is 16.5. The molecule has 2 heterocycles. The van der Waals surface area contributed by atoms with E-state index in [1.165, 1.54) is 31.5 Å². The van der Waals surface area contributed by atoms with Crippen LogP contribution in [0.1, 0.15) is 30.9 Å². The second kappa shape index (κ2) is 7.90. The lowest BCUT2D eigenvalue weighted by Crippen LogP contribution is -2.55. The molecule has 2 atom stereocenters. The molecule has 3 rings (SSSR count). The number of morpholine rings is 1. The van der Waals surface area contributed by atoms with Crippen molar-refractivity contribution in [3.8, 4) is 0 Å². The van der Waals surface area contributed by atoms with Crippen LogP contribution in [0.4, 0.5) is 0 Å². The van der Waals surface area contributed by atoms with Crippen LogP contribution in [-0.4, -0.2) is 49.2 Å². The Labute approximate surface area is 138 Å². The summed E-state index contributed by atoms with van der Waals surface area (Å²) in [5.74, 6) is 0.0124. The van der Waals surface area contributed by atoms with Crippen LogP contribution in [0.3, 0.4) is 0 Å². The van der Waals surface area contributed by atoms with E-state index in [4.69, 9.17) is 4.74 Å². The smallest absolute Gasteiger partial charge is 0.240 e. The van der Waals surface area contributed by atoms with E-state index in [-0.39, 0.29) is 18.1 Å². The van der Waals surface area contributed by atoms with Crippen molar-refractivity contribution in [3.05, 3.63) is 35.4 Å². The third-order valence-electron chi connectivity index (χ3n) is 4.69. The summed E-state index contributed by atoms with van der Waals surface area (Å²) in [6.07, 6.45) is 2.56. The van der Waals surface area contributed by atoms with E-state index in [1.807, 2.05) is 6.92 Å². The highest BCUT2D eigenvalue weighted by Gasteiger charge is 2.27. The van der Waals surface area contributed by atoms with Crippen molar-refractivity contribution < 1.29 is 9.53 Å². The van der Waals surface area contributed by atoms with Gasteiger partial charge in [-0.25, -0.2) is 0 Å². The van der Waals surface area contributed by atoms with Crippen molar-refractivity contribution in [2.45, 2.75) is 45.0 Å². The Morgan fingerprint density at radius 2 is 1.96 bits per heavy atom. The quantitative estimate of drug-likeness (QED) is 0.859. The zero-order valence-electron chi connectivity index (χ0n) is 13.9. The molecule has 2 aliphatic heterocycles. The fraction of sp³-hybridized carbons (Fsp3) is 0.611. The van der Waals surface area contributed by atoms with Gasteiger partial charge in [-0.1, -0.05) is 24.3 Å². The molecule has 1 aromatic rings. The molecule has 5 nitrogen and oxygen atoms in total. The molecule has 0 radical (unpaired) electrons. The fourth-order valence-electron chi connectivity index (χ4n) is 3.29. The van der Waals surface area contributed by atoms with Gasteiger partial charge < -0.3 is 15.4 Å². The van der Waals surface area contributed by atoms with Crippen LogP contribution in [-0.2, 0) is 22.6 Å². The van der Waals surface area contributed by atoms with E-state index in [0.29, 0.717) is 13.2 Å². The van der Waals surface area contributed by atoms with Crippen LogP contribution in [0.15, 0.2) is 24.3 Å². The molecule has 23 heavy (non-hydrogen) atoms. The van der Waals surface area contributed by atoms with E-state index in [9.17, 15) is 4.79 Å². The molecule has 0 aromatic heterocycles. The maximum atomic E-state index is 12.2. The average Bonchev–Trinajstić information content (AvgIpc) is 3.07. The van der Waals surface area contributed by atoms with Crippen molar-refractivity contribution >= 4 is 5.91 Å². The maximum absolute atomic E-state index is 12.2. The minimum Gasteiger partial charge on any atom is -0.375 e. The standard InChI is InChI=1S/C18H27N3O2/c1-14-17(19-8-11-23-14)18(22)20-12-15-4-6-16(7-5-15)13-21-9-2-3-10-21/h4-7,14,17,19H,2-3,8-13H2,1H3,(H,20,22)/t14-,17+/m1/s1. The minimum absolute atomic E-state index is 0.0124. The Hall–Kier alpha value is -1.43. The summed E-state index contributed by atoms with van der Waals surface area (Å²) in [4.78, 5) is 14.7. The molecule has 5 heteroatoms. The molecule has 2 N–H and O–H groups in total. The van der Waals surface area contributed by atoms with Crippen molar-refractivity contribution in [2.24, 2.45) is 0 Å². The van der Waals surface area contributed by atoms with Crippen LogP contribution in [0.25, 0.3) is 0 Å². The second-order valence-electron chi connectivity index (χ2n) is 6.53. The van der Waals surface area contributed by atoms with Crippen LogP contribution < -0.4 is 10.6 Å². The first-order valence-electron chi connectivity index (χ1n) is 8.65. The van der Waals surface area contributed by atoms with Crippen LogP contribution in [0.5, 0.6) is 0 Å². The zero-order chi connectivity index (χ0) is 16.1. The molecular formula is C18H27N3O2.